The summed E-state index contributed by atoms with van der Waals surface area (Å²) < 4.78 is 9.98. The molecule has 0 radical (unpaired) electrons. The summed E-state index contributed by atoms with van der Waals surface area (Å²) in [5.41, 5.74) is -0.216. The van der Waals surface area contributed by atoms with Gasteiger partial charge in [-0.15, -0.1) is 0 Å². The van der Waals surface area contributed by atoms with E-state index in [9.17, 15) is 4.79 Å². The van der Waals surface area contributed by atoms with Crippen LogP contribution >= 0.6 is 0 Å². The zero-order valence-corrected chi connectivity index (χ0v) is 7.13. The fourth-order valence-electron chi connectivity index (χ4n) is 1.78. The lowest BCUT2D eigenvalue weighted by molar-refractivity contribution is 0.0942. The van der Waals surface area contributed by atoms with Crippen molar-refractivity contribution in [2.24, 2.45) is 5.92 Å². The van der Waals surface area contributed by atoms with Crippen LogP contribution in [-0.4, -0.2) is 32.0 Å². The average molecular weight is 171 g/mol. The Morgan fingerprint density at radius 1 is 1.75 bits per heavy atom. The maximum Gasteiger partial charge on any atom is 0.407 e. The van der Waals surface area contributed by atoms with E-state index in [0.717, 1.165) is 0 Å². The van der Waals surface area contributed by atoms with Gasteiger partial charge in [-0.05, 0) is 18.8 Å². The maximum absolute atomic E-state index is 10.9. The van der Waals surface area contributed by atoms with Gasteiger partial charge in [0.25, 0.3) is 0 Å². The van der Waals surface area contributed by atoms with Gasteiger partial charge in [-0.3, -0.25) is 0 Å². The van der Waals surface area contributed by atoms with Crippen molar-refractivity contribution < 1.29 is 14.3 Å². The van der Waals surface area contributed by atoms with E-state index in [0.29, 0.717) is 19.1 Å². The van der Waals surface area contributed by atoms with E-state index in [4.69, 9.17) is 9.47 Å². The molecule has 0 bridgehead atoms. The van der Waals surface area contributed by atoms with E-state index in [1.165, 1.54) is 12.8 Å². The minimum atomic E-state index is -0.307. The molecule has 68 valence electrons. The summed E-state index contributed by atoms with van der Waals surface area (Å²) in [4.78, 5) is 10.9. The molecule has 1 aliphatic carbocycles. The Bertz CT molecular complexity index is 202. The van der Waals surface area contributed by atoms with Gasteiger partial charge in [0, 0.05) is 7.11 Å². The summed E-state index contributed by atoms with van der Waals surface area (Å²) >= 11 is 0. The van der Waals surface area contributed by atoms with Gasteiger partial charge < -0.3 is 14.8 Å². The van der Waals surface area contributed by atoms with Crippen LogP contribution in [0.3, 0.4) is 0 Å². The van der Waals surface area contributed by atoms with E-state index in [1.807, 2.05) is 0 Å². The number of ether oxygens (including phenoxy) is 2. The van der Waals surface area contributed by atoms with Crippen molar-refractivity contribution in [2.45, 2.75) is 18.4 Å². The molecule has 0 aromatic carbocycles. The molecule has 4 nitrogen and oxygen atoms in total. The number of cyclic esters (lactones) is 1. The Morgan fingerprint density at radius 3 is 2.92 bits per heavy atom. The summed E-state index contributed by atoms with van der Waals surface area (Å²) in [5, 5.41) is 2.84. The highest BCUT2D eigenvalue weighted by molar-refractivity contribution is 5.71. The normalized spacial score (nSPS) is 34.6. The van der Waals surface area contributed by atoms with Crippen LogP contribution in [0.1, 0.15) is 12.8 Å². The number of rotatable bonds is 3. The van der Waals surface area contributed by atoms with Crippen LogP contribution < -0.4 is 5.32 Å². The van der Waals surface area contributed by atoms with Crippen LogP contribution in [-0.2, 0) is 9.47 Å². The first-order valence-electron chi connectivity index (χ1n) is 4.21. The van der Waals surface area contributed by atoms with E-state index in [1.54, 1.807) is 7.11 Å². The van der Waals surface area contributed by atoms with Crippen molar-refractivity contribution in [1.29, 1.82) is 0 Å². The topological polar surface area (TPSA) is 47.6 Å². The van der Waals surface area contributed by atoms with Gasteiger partial charge in [-0.25, -0.2) is 4.79 Å². The second kappa shape index (κ2) is 2.62. The second-order valence-electron chi connectivity index (χ2n) is 3.56. The Hall–Kier alpha value is -0.770. The number of methoxy groups -OCH3 is 1. The molecule has 4 heteroatoms. The Morgan fingerprint density at radius 2 is 2.50 bits per heavy atom. The first-order chi connectivity index (χ1) is 5.77. The molecule has 1 amide bonds. The molecule has 1 saturated heterocycles. The van der Waals surface area contributed by atoms with Gasteiger partial charge in [0.2, 0.25) is 0 Å². The molecular weight excluding hydrogens is 158 g/mol. The lowest BCUT2D eigenvalue weighted by atomic mass is 9.96. The number of nitrogens with one attached hydrogen (secondary N) is 1. The van der Waals surface area contributed by atoms with Crippen molar-refractivity contribution in [1.82, 2.24) is 5.32 Å². The number of hydrogen-bond acceptors (Lipinski definition) is 3. The predicted octanol–water partition coefficient (Wildman–Crippen LogP) is 0.521. The SMILES string of the molecule is COCC1(C2CC2)COC(=O)N1. The van der Waals surface area contributed by atoms with E-state index < -0.39 is 0 Å². The molecule has 1 unspecified atom stereocenters. The number of alkyl carbamates (subject to hydrolysis) is 1. The highest BCUT2D eigenvalue weighted by atomic mass is 16.6. The predicted molar refractivity (Wildman–Crippen MR) is 41.8 cm³/mol. The highest BCUT2D eigenvalue weighted by Crippen LogP contribution is 2.41. The third kappa shape index (κ3) is 1.16. The van der Waals surface area contributed by atoms with Crippen molar-refractivity contribution >= 4 is 6.09 Å². The summed E-state index contributed by atoms with van der Waals surface area (Å²) in [7, 11) is 1.65. The lowest BCUT2D eigenvalue weighted by Gasteiger charge is -2.24. The standard InChI is InChI=1S/C8H13NO3/c1-11-4-8(6-2-3-6)5-12-7(10)9-8/h6H,2-5H2,1H3,(H,9,10). The molecule has 0 spiro atoms. The van der Waals surface area contributed by atoms with Gasteiger partial charge >= 0.3 is 6.09 Å². The fourth-order valence-corrected chi connectivity index (χ4v) is 1.78. The molecule has 0 aromatic heterocycles. The van der Waals surface area contributed by atoms with E-state index in [-0.39, 0.29) is 11.6 Å². The molecule has 1 heterocycles. The maximum atomic E-state index is 10.9. The molecule has 1 N–H and O–H groups in total. The van der Waals surface area contributed by atoms with Crippen LogP contribution in [0, 0.1) is 5.92 Å². The molecule has 1 atom stereocenters. The first-order valence-corrected chi connectivity index (χ1v) is 4.21. The first kappa shape index (κ1) is 7.86. The summed E-state index contributed by atoms with van der Waals surface area (Å²) in [5.74, 6) is 0.559. The van der Waals surface area contributed by atoms with Crippen molar-refractivity contribution in [2.75, 3.05) is 20.3 Å². The average Bonchev–Trinajstić information content (AvgIpc) is 2.80. The minimum Gasteiger partial charge on any atom is -0.447 e. The van der Waals surface area contributed by atoms with Crippen molar-refractivity contribution in [3.8, 4) is 0 Å². The zero-order chi connectivity index (χ0) is 8.60. The van der Waals surface area contributed by atoms with Gasteiger partial charge in [0.15, 0.2) is 0 Å². The quantitative estimate of drug-likeness (QED) is 0.673. The molecular formula is C8H13NO3. The van der Waals surface area contributed by atoms with E-state index in [2.05, 4.69) is 5.32 Å². The largest absolute Gasteiger partial charge is 0.447 e. The molecule has 2 aliphatic rings. The Kier molecular flexibility index (Phi) is 1.72. The zero-order valence-electron chi connectivity index (χ0n) is 7.13. The fraction of sp³-hybridized carbons (Fsp3) is 0.875. The van der Waals surface area contributed by atoms with Crippen LogP contribution in [0.5, 0.6) is 0 Å². The number of carbonyl (C=O) groups excluding carboxylic acids is 1. The third-order valence-electron chi connectivity index (χ3n) is 2.57. The molecule has 2 fully saturated rings. The highest BCUT2D eigenvalue weighted by Gasteiger charge is 2.51. The summed E-state index contributed by atoms with van der Waals surface area (Å²) in [6, 6.07) is 0. The van der Waals surface area contributed by atoms with Crippen LogP contribution in [0.2, 0.25) is 0 Å². The minimum absolute atomic E-state index is 0.216. The van der Waals surface area contributed by atoms with Crippen LogP contribution in [0.4, 0.5) is 4.79 Å². The molecule has 12 heavy (non-hydrogen) atoms. The van der Waals surface area contributed by atoms with Gasteiger partial charge in [0.05, 0.1) is 6.61 Å². The molecule has 1 saturated carbocycles. The van der Waals surface area contributed by atoms with Crippen molar-refractivity contribution in [3.63, 3.8) is 0 Å². The van der Waals surface area contributed by atoms with Crippen molar-refractivity contribution in [3.05, 3.63) is 0 Å². The second-order valence-corrected chi connectivity index (χ2v) is 3.56. The Labute approximate surface area is 71.2 Å². The molecule has 1 aliphatic heterocycles. The summed E-state index contributed by atoms with van der Waals surface area (Å²) in [6.07, 6.45) is 2.04. The van der Waals surface area contributed by atoms with E-state index >= 15 is 0 Å². The van der Waals surface area contributed by atoms with Gasteiger partial charge in [-0.2, -0.15) is 0 Å². The third-order valence-corrected chi connectivity index (χ3v) is 2.57. The van der Waals surface area contributed by atoms with Crippen LogP contribution in [0.15, 0.2) is 0 Å². The number of amides is 1. The lowest BCUT2D eigenvalue weighted by Crippen LogP contribution is -2.49. The number of hydrogen-bond donors (Lipinski definition) is 1. The van der Waals surface area contributed by atoms with Gasteiger partial charge in [0.1, 0.15) is 12.1 Å². The molecule has 0 aromatic rings. The Balaban J connectivity index is 2.06. The number of carbonyl (C=O) groups is 1. The smallest absolute Gasteiger partial charge is 0.407 e. The van der Waals surface area contributed by atoms with Gasteiger partial charge in [-0.1, -0.05) is 0 Å². The molecule has 2 rings (SSSR count). The monoisotopic (exact) mass is 171 g/mol. The summed E-state index contributed by atoms with van der Waals surface area (Å²) in [6.45, 7) is 1.02. The van der Waals surface area contributed by atoms with Crippen LogP contribution in [0.25, 0.3) is 0 Å².